The molecule has 0 aliphatic carbocycles. The van der Waals surface area contributed by atoms with Crippen molar-refractivity contribution in [3.8, 4) is 17.1 Å². The fraction of sp³-hybridized carbons (Fsp3) is 0.0500. The third-order valence-corrected chi connectivity index (χ3v) is 4.07. The Hall–Kier alpha value is -2.78. The number of rotatable bonds is 4. The summed E-state index contributed by atoms with van der Waals surface area (Å²) in [4.78, 5) is 7.96. The highest BCUT2D eigenvalue weighted by Gasteiger charge is 2.06. The van der Waals surface area contributed by atoms with Crippen molar-refractivity contribution in [2.24, 2.45) is 0 Å². The van der Waals surface area contributed by atoms with Crippen molar-refractivity contribution in [1.29, 1.82) is 0 Å². The molecule has 4 aromatic rings. The Balaban J connectivity index is 1.55. The lowest BCUT2D eigenvalue weighted by atomic mass is 10.2. The minimum Gasteiger partial charge on any atom is -0.489 e. The lowest BCUT2D eigenvalue weighted by Crippen LogP contribution is -1.95. The van der Waals surface area contributed by atoms with E-state index in [4.69, 9.17) is 16.3 Å². The van der Waals surface area contributed by atoms with E-state index in [2.05, 4.69) is 9.97 Å². The van der Waals surface area contributed by atoms with Gasteiger partial charge < -0.3 is 9.72 Å². The van der Waals surface area contributed by atoms with Gasteiger partial charge in [-0.1, -0.05) is 48.0 Å². The lowest BCUT2D eigenvalue weighted by molar-refractivity contribution is 0.306. The summed E-state index contributed by atoms with van der Waals surface area (Å²) in [5.41, 5.74) is 4.06. The Morgan fingerprint density at radius 1 is 0.917 bits per heavy atom. The van der Waals surface area contributed by atoms with Crippen LogP contribution in [0.3, 0.4) is 0 Å². The molecule has 3 nitrogen and oxygen atoms in total. The van der Waals surface area contributed by atoms with Crippen LogP contribution in [0.4, 0.5) is 0 Å². The van der Waals surface area contributed by atoms with Gasteiger partial charge in [-0.15, -0.1) is 0 Å². The highest BCUT2D eigenvalue weighted by molar-refractivity contribution is 6.30. The molecule has 118 valence electrons. The lowest BCUT2D eigenvalue weighted by Gasteiger charge is -2.07. The maximum atomic E-state index is 5.90. The minimum atomic E-state index is 0.501. The summed E-state index contributed by atoms with van der Waals surface area (Å²) >= 11 is 5.90. The fourth-order valence-corrected chi connectivity index (χ4v) is 2.70. The predicted octanol–water partition coefficient (Wildman–Crippen LogP) is 5.46. The highest BCUT2D eigenvalue weighted by atomic mass is 35.5. The quantitative estimate of drug-likeness (QED) is 0.538. The normalized spacial score (nSPS) is 10.9. The number of nitrogens with zero attached hydrogens (tertiary/aromatic N) is 1. The molecule has 0 aliphatic heterocycles. The molecule has 24 heavy (non-hydrogen) atoms. The van der Waals surface area contributed by atoms with Crippen molar-refractivity contribution in [2.75, 3.05) is 0 Å². The van der Waals surface area contributed by atoms with Crippen LogP contribution in [0.15, 0.2) is 72.8 Å². The zero-order valence-electron chi connectivity index (χ0n) is 12.9. The molecule has 0 fully saturated rings. The molecule has 1 heterocycles. The molecule has 1 N–H and O–H groups in total. The second-order valence-corrected chi connectivity index (χ2v) is 5.98. The highest BCUT2D eigenvalue weighted by Crippen LogP contribution is 2.24. The van der Waals surface area contributed by atoms with E-state index >= 15 is 0 Å². The van der Waals surface area contributed by atoms with Crippen molar-refractivity contribution in [2.45, 2.75) is 6.61 Å². The summed E-state index contributed by atoms with van der Waals surface area (Å²) in [7, 11) is 0. The van der Waals surface area contributed by atoms with Crippen LogP contribution < -0.4 is 4.74 Å². The maximum absolute atomic E-state index is 5.90. The molecule has 1 aromatic heterocycles. The number of H-pyrrole nitrogens is 1. The zero-order chi connectivity index (χ0) is 16.4. The van der Waals surface area contributed by atoms with Gasteiger partial charge in [0.05, 0.1) is 11.0 Å². The van der Waals surface area contributed by atoms with Crippen LogP contribution in [0.5, 0.6) is 5.75 Å². The van der Waals surface area contributed by atoms with E-state index in [-0.39, 0.29) is 0 Å². The van der Waals surface area contributed by atoms with Gasteiger partial charge in [-0.25, -0.2) is 4.98 Å². The average Bonchev–Trinajstić information content (AvgIpc) is 3.06. The van der Waals surface area contributed by atoms with Crippen LogP contribution in [0, 0.1) is 0 Å². The summed E-state index contributed by atoms with van der Waals surface area (Å²) in [6.07, 6.45) is 0. The van der Waals surface area contributed by atoms with Gasteiger partial charge >= 0.3 is 0 Å². The molecule has 0 saturated heterocycles. The molecule has 0 unspecified atom stereocenters. The number of imidazole rings is 1. The molecule has 0 atom stereocenters. The van der Waals surface area contributed by atoms with Crippen LogP contribution in [-0.4, -0.2) is 9.97 Å². The number of nitrogens with one attached hydrogen (secondary N) is 1. The Kier molecular flexibility index (Phi) is 3.93. The van der Waals surface area contributed by atoms with E-state index in [1.807, 2.05) is 72.8 Å². The van der Waals surface area contributed by atoms with E-state index in [1.54, 1.807) is 0 Å². The Morgan fingerprint density at radius 3 is 2.58 bits per heavy atom. The summed E-state index contributed by atoms with van der Waals surface area (Å²) in [5.74, 6) is 1.65. The molecule has 0 amide bonds. The number of halogens is 1. The van der Waals surface area contributed by atoms with E-state index in [0.29, 0.717) is 6.61 Å². The molecule has 0 saturated carbocycles. The fourth-order valence-electron chi connectivity index (χ4n) is 2.57. The van der Waals surface area contributed by atoms with Gasteiger partial charge in [-0.2, -0.15) is 0 Å². The minimum absolute atomic E-state index is 0.501. The van der Waals surface area contributed by atoms with E-state index in [1.165, 1.54) is 0 Å². The van der Waals surface area contributed by atoms with Crippen LogP contribution in [0.1, 0.15) is 5.56 Å². The smallest absolute Gasteiger partial charge is 0.138 e. The topological polar surface area (TPSA) is 37.9 Å². The Morgan fingerprint density at radius 2 is 1.75 bits per heavy atom. The number of hydrogen-bond donors (Lipinski definition) is 1. The standard InChI is InChI=1S/C20H15ClN2O/c21-16-10-8-14(9-11-16)13-24-17-5-3-4-15(12-17)20-22-18-6-1-2-7-19(18)23-20/h1-12H,13H2,(H,22,23). The molecular weight excluding hydrogens is 320 g/mol. The average molecular weight is 335 g/mol. The van der Waals surface area contributed by atoms with Crippen molar-refractivity contribution < 1.29 is 4.74 Å². The third-order valence-electron chi connectivity index (χ3n) is 3.82. The van der Waals surface area contributed by atoms with Crippen molar-refractivity contribution >= 4 is 22.6 Å². The molecule has 0 spiro atoms. The molecule has 0 aliphatic rings. The number of fused-ring (bicyclic) bond motifs is 1. The van der Waals surface area contributed by atoms with Crippen LogP contribution in [0.2, 0.25) is 5.02 Å². The van der Waals surface area contributed by atoms with Crippen molar-refractivity contribution in [1.82, 2.24) is 9.97 Å². The van der Waals surface area contributed by atoms with E-state index in [0.717, 1.165) is 38.8 Å². The number of para-hydroxylation sites is 2. The second kappa shape index (κ2) is 6.38. The first-order valence-electron chi connectivity index (χ1n) is 7.70. The molecular formula is C20H15ClN2O. The molecule has 3 aromatic carbocycles. The van der Waals surface area contributed by atoms with Crippen LogP contribution in [0.25, 0.3) is 22.4 Å². The van der Waals surface area contributed by atoms with Gasteiger partial charge in [0.15, 0.2) is 0 Å². The van der Waals surface area contributed by atoms with Gasteiger partial charge in [-0.3, -0.25) is 0 Å². The number of hydrogen-bond acceptors (Lipinski definition) is 2. The maximum Gasteiger partial charge on any atom is 0.138 e. The number of aromatic amines is 1. The molecule has 4 rings (SSSR count). The second-order valence-electron chi connectivity index (χ2n) is 5.55. The van der Waals surface area contributed by atoms with E-state index in [9.17, 15) is 0 Å². The number of ether oxygens (including phenoxy) is 1. The first-order valence-corrected chi connectivity index (χ1v) is 8.08. The molecule has 4 heteroatoms. The van der Waals surface area contributed by atoms with Crippen molar-refractivity contribution in [3.05, 3.63) is 83.4 Å². The van der Waals surface area contributed by atoms with Crippen molar-refractivity contribution in [3.63, 3.8) is 0 Å². The SMILES string of the molecule is Clc1ccc(COc2cccc(-c3nc4ccccc4[nH]3)c2)cc1. The summed E-state index contributed by atoms with van der Waals surface area (Å²) in [5, 5.41) is 0.727. The largest absolute Gasteiger partial charge is 0.489 e. The van der Waals surface area contributed by atoms with E-state index < -0.39 is 0 Å². The molecule has 0 bridgehead atoms. The number of benzene rings is 3. The van der Waals surface area contributed by atoms with Gasteiger partial charge in [0.25, 0.3) is 0 Å². The summed E-state index contributed by atoms with van der Waals surface area (Å²) in [6.45, 7) is 0.501. The van der Waals surface area contributed by atoms with Gasteiger partial charge in [0.1, 0.15) is 18.2 Å². The Labute approximate surface area is 144 Å². The zero-order valence-corrected chi connectivity index (χ0v) is 13.6. The first kappa shape index (κ1) is 14.8. The van der Waals surface area contributed by atoms with Gasteiger partial charge in [0, 0.05) is 10.6 Å². The summed E-state index contributed by atoms with van der Waals surface area (Å²) in [6, 6.07) is 23.6. The van der Waals surface area contributed by atoms with Crippen LogP contribution >= 0.6 is 11.6 Å². The van der Waals surface area contributed by atoms with Crippen LogP contribution in [-0.2, 0) is 6.61 Å². The third kappa shape index (κ3) is 3.12. The van der Waals surface area contributed by atoms with Gasteiger partial charge in [0.2, 0.25) is 0 Å². The first-order chi connectivity index (χ1) is 11.8. The number of aromatic nitrogens is 2. The predicted molar refractivity (Wildman–Crippen MR) is 97.3 cm³/mol. The summed E-state index contributed by atoms with van der Waals surface area (Å²) < 4.78 is 5.88. The Bertz CT molecular complexity index is 943. The molecule has 0 radical (unpaired) electrons. The van der Waals surface area contributed by atoms with Gasteiger partial charge in [-0.05, 0) is 42.0 Å². The monoisotopic (exact) mass is 334 g/mol.